The van der Waals surface area contributed by atoms with Crippen LogP contribution >= 0.6 is 15.9 Å². The van der Waals surface area contributed by atoms with Crippen molar-refractivity contribution in [2.75, 3.05) is 7.05 Å². The lowest BCUT2D eigenvalue weighted by Crippen LogP contribution is -2.35. The largest absolute Gasteiger partial charge is 0.317 e. The predicted octanol–water partition coefficient (Wildman–Crippen LogP) is 4.01. The molecular formula is C14H21BrFN. The van der Waals surface area contributed by atoms with E-state index in [1.165, 1.54) is 17.7 Å². The zero-order chi connectivity index (χ0) is 13.0. The Balaban J connectivity index is 2.86. The van der Waals surface area contributed by atoms with Crippen LogP contribution in [0.25, 0.3) is 0 Å². The summed E-state index contributed by atoms with van der Waals surface area (Å²) < 4.78 is 13.9. The van der Waals surface area contributed by atoms with E-state index in [1.54, 1.807) is 0 Å². The van der Waals surface area contributed by atoms with E-state index in [1.807, 2.05) is 13.1 Å². The van der Waals surface area contributed by atoms with Crippen molar-refractivity contribution >= 4 is 15.9 Å². The highest BCUT2D eigenvalue weighted by atomic mass is 79.9. The van der Waals surface area contributed by atoms with Gasteiger partial charge in [-0.05, 0) is 49.9 Å². The standard InChI is InChI=1S/C14H21BrFN/c1-9(2)13(10(3)17-4)7-11-5-6-12(16)8-14(11)15/h5-6,8-10,13,17H,7H2,1-4H3. The third kappa shape index (κ3) is 4.07. The van der Waals surface area contributed by atoms with E-state index < -0.39 is 0 Å². The van der Waals surface area contributed by atoms with Gasteiger partial charge in [0, 0.05) is 10.5 Å². The number of hydrogen-bond donors (Lipinski definition) is 1. The molecule has 0 saturated heterocycles. The minimum atomic E-state index is -0.191. The normalized spacial score (nSPS) is 15.0. The summed E-state index contributed by atoms with van der Waals surface area (Å²) in [7, 11) is 1.99. The average molecular weight is 302 g/mol. The van der Waals surface area contributed by atoms with Gasteiger partial charge in [0.05, 0.1) is 0 Å². The Morgan fingerprint density at radius 2 is 1.94 bits per heavy atom. The summed E-state index contributed by atoms with van der Waals surface area (Å²) in [5, 5.41) is 3.31. The van der Waals surface area contributed by atoms with Crippen molar-refractivity contribution in [3.63, 3.8) is 0 Å². The maximum atomic E-state index is 13.0. The Labute approximate surface area is 112 Å². The lowest BCUT2D eigenvalue weighted by atomic mass is 9.84. The van der Waals surface area contributed by atoms with Gasteiger partial charge in [-0.2, -0.15) is 0 Å². The third-order valence-corrected chi connectivity index (χ3v) is 4.16. The van der Waals surface area contributed by atoms with Crippen LogP contribution in [0, 0.1) is 17.7 Å². The van der Waals surface area contributed by atoms with Crippen LogP contribution in [0.15, 0.2) is 22.7 Å². The molecule has 0 saturated carbocycles. The van der Waals surface area contributed by atoms with Crippen LogP contribution in [0.4, 0.5) is 4.39 Å². The molecule has 2 atom stereocenters. The van der Waals surface area contributed by atoms with Crippen molar-refractivity contribution in [2.45, 2.75) is 33.2 Å². The topological polar surface area (TPSA) is 12.0 Å². The van der Waals surface area contributed by atoms with E-state index in [4.69, 9.17) is 0 Å². The van der Waals surface area contributed by atoms with Crippen LogP contribution in [0.5, 0.6) is 0 Å². The minimum Gasteiger partial charge on any atom is -0.317 e. The number of benzene rings is 1. The lowest BCUT2D eigenvalue weighted by molar-refractivity contribution is 0.299. The molecule has 0 radical (unpaired) electrons. The highest BCUT2D eigenvalue weighted by Gasteiger charge is 2.20. The summed E-state index contributed by atoms with van der Waals surface area (Å²) in [5.74, 6) is 0.944. The summed E-state index contributed by atoms with van der Waals surface area (Å²) in [5.41, 5.74) is 1.17. The van der Waals surface area contributed by atoms with Crippen molar-refractivity contribution in [3.05, 3.63) is 34.1 Å². The van der Waals surface area contributed by atoms with Gasteiger partial charge in [-0.3, -0.25) is 0 Å². The average Bonchev–Trinajstić information content (AvgIpc) is 2.26. The zero-order valence-corrected chi connectivity index (χ0v) is 12.5. The first kappa shape index (κ1) is 14.7. The van der Waals surface area contributed by atoms with Crippen LogP contribution in [0.3, 0.4) is 0 Å². The molecule has 17 heavy (non-hydrogen) atoms. The van der Waals surface area contributed by atoms with Crippen molar-refractivity contribution in [1.29, 1.82) is 0 Å². The van der Waals surface area contributed by atoms with Gasteiger partial charge in [0.2, 0.25) is 0 Å². The second-order valence-corrected chi connectivity index (χ2v) is 5.78. The molecule has 0 fully saturated rings. The number of rotatable bonds is 5. The van der Waals surface area contributed by atoms with E-state index in [2.05, 4.69) is 42.0 Å². The monoisotopic (exact) mass is 301 g/mol. The van der Waals surface area contributed by atoms with E-state index >= 15 is 0 Å². The molecule has 0 bridgehead atoms. The molecule has 1 aromatic carbocycles. The molecule has 0 amide bonds. The fourth-order valence-electron chi connectivity index (χ4n) is 2.15. The first-order valence-corrected chi connectivity index (χ1v) is 6.86. The molecular weight excluding hydrogens is 281 g/mol. The predicted molar refractivity (Wildman–Crippen MR) is 74.7 cm³/mol. The Kier molecular flexibility index (Phi) is 5.60. The van der Waals surface area contributed by atoms with Gasteiger partial charge >= 0.3 is 0 Å². The van der Waals surface area contributed by atoms with E-state index in [-0.39, 0.29) is 5.82 Å². The van der Waals surface area contributed by atoms with Crippen LogP contribution in [-0.4, -0.2) is 13.1 Å². The molecule has 0 aliphatic carbocycles. The Hall–Kier alpha value is -0.410. The molecule has 1 N–H and O–H groups in total. The van der Waals surface area contributed by atoms with Crippen LogP contribution in [0.2, 0.25) is 0 Å². The fourth-order valence-corrected chi connectivity index (χ4v) is 2.66. The third-order valence-electron chi connectivity index (χ3n) is 3.42. The van der Waals surface area contributed by atoms with Gasteiger partial charge in [-0.15, -0.1) is 0 Å². The Bertz CT molecular complexity index is 365. The van der Waals surface area contributed by atoms with Crippen molar-refractivity contribution < 1.29 is 4.39 Å². The summed E-state index contributed by atoms with van der Waals surface area (Å²) in [4.78, 5) is 0. The lowest BCUT2D eigenvalue weighted by Gasteiger charge is -2.27. The summed E-state index contributed by atoms with van der Waals surface area (Å²) in [6, 6.07) is 5.39. The second-order valence-electron chi connectivity index (χ2n) is 4.93. The molecule has 1 nitrogen and oxygen atoms in total. The molecule has 0 aliphatic heterocycles. The van der Waals surface area contributed by atoms with Crippen molar-refractivity contribution in [2.24, 2.45) is 11.8 Å². The van der Waals surface area contributed by atoms with E-state index in [0.717, 1.165) is 10.9 Å². The molecule has 1 aromatic rings. The molecule has 0 aliphatic rings. The fraction of sp³-hybridized carbons (Fsp3) is 0.571. The highest BCUT2D eigenvalue weighted by Crippen LogP contribution is 2.26. The van der Waals surface area contributed by atoms with Gasteiger partial charge in [-0.1, -0.05) is 35.8 Å². The summed E-state index contributed by atoms with van der Waals surface area (Å²) in [6.45, 7) is 6.66. The molecule has 3 heteroatoms. The smallest absolute Gasteiger partial charge is 0.124 e. The summed E-state index contributed by atoms with van der Waals surface area (Å²) in [6.07, 6.45) is 0.959. The van der Waals surface area contributed by atoms with Gasteiger partial charge in [-0.25, -0.2) is 4.39 Å². The van der Waals surface area contributed by atoms with Crippen LogP contribution < -0.4 is 5.32 Å². The minimum absolute atomic E-state index is 0.191. The highest BCUT2D eigenvalue weighted by molar-refractivity contribution is 9.10. The first-order valence-electron chi connectivity index (χ1n) is 6.07. The second kappa shape index (κ2) is 6.50. The first-order chi connectivity index (χ1) is 7.95. The molecule has 2 unspecified atom stereocenters. The maximum Gasteiger partial charge on any atom is 0.124 e. The quantitative estimate of drug-likeness (QED) is 0.866. The molecule has 0 heterocycles. The van der Waals surface area contributed by atoms with Crippen molar-refractivity contribution in [1.82, 2.24) is 5.32 Å². The number of halogens is 2. The van der Waals surface area contributed by atoms with E-state index in [9.17, 15) is 4.39 Å². The maximum absolute atomic E-state index is 13.0. The van der Waals surface area contributed by atoms with E-state index in [0.29, 0.717) is 17.9 Å². The number of nitrogens with one attached hydrogen (secondary N) is 1. The molecule has 96 valence electrons. The molecule has 0 aromatic heterocycles. The summed E-state index contributed by atoms with van der Waals surface area (Å²) >= 11 is 3.44. The Morgan fingerprint density at radius 3 is 2.41 bits per heavy atom. The van der Waals surface area contributed by atoms with Crippen LogP contribution in [0.1, 0.15) is 26.3 Å². The zero-order valence-electron chi connectivity index (χ0n) is 10.9. The van der Waals surface area contributed by atoms with Gasteiger partial charge in [0.15, 0.2) is 0 Å². The van der Waals surface area contributed by atoms with Crippen LogP contribution in [-0.2, 0) is 6.42 Å². The Morgan fingerprint density at radius 1 is 1.29 bits per heavy atom. The van der Waals surface area contributed by atoms with Gasteiger partial charge in [0.1, 0.15) is 5.82 Å². The number of hydrogen-bond acceptors (Lipinski definition) is 1. The molecule has 1 rings (SSSR count). The SMILES string of the molecule is CNC(C)C(Cc1ccc(F)cc1Br)C(C)C. The van der Waals surface area contributed by atoms with Crippen molar-refractivity contribution in [3.8, 4) is 0 Å². The van der Waals surface area contributed by atoms with Gasteiger partial charge in [0.25, 0.3) is 0 Å². The van der Waals surface area contributed by atoms with Gasteiger partial charge < -0.3 is 5.32 Å². The molecule has 0 spiro atoms.